The van der Waals surface area contributed by atoms with E-state index in [1.54, 1.807) is 0 Å². The summed E-state index contributed by atoms with van der Waals surface area (Å²) >= 11 is 1.51. The predicted octanol–water partition coefficient (Wildman–Crippen LogP) is 2.26. The maximum atomic E-state index is 14.7. The quantitative estimate of drug-likeness (QED) is 0.679. The van der Waals surface area contributed by atoms with Crippen LogP contribution in [0.5, 0.6) is 0 Å². The molecule has 1 fully saturated rings. The molecule has 0 aliphatic carbocycles. The van der Waals surface area contributed by atoms with Gasteiger partial charge in [-0.05, 0) is 20.1 Å². The second kappa shape index (κ2) is 6.81. The van der Waals surface area contributed by atoms with E-state index in [1.165, 1.54) is 18.7 Å². The molecule has 1 N–H and O–H groups in total. The summed E-state index contributed by atoms with van der Waals surface area (Å²) in [6.45, 7) is 6.68. The van der Waals surface area contributed by atoms with Crippen LogP contribution < -0.4 is 10.2 Å². The highest BCUT2D eigenvalue weighted by atomic mass is 32.2. The van der Waals surface area contributed by atoms with E-state index in [1.807, 2.05) is 20.1 Å². The van der Waals surface area contributed by atoms with Gasteiger partial charge in [-0.2, -0.15) is 0 Å². The number of thioether (sulfide) groups is 1. The predicted molar refractivity (Wildman–Crippen MR) is 87.3 cm³/mol. The number of piperidine rings is 1. The molecule has 22 heavy (non-hydrogen) atoms. The molecular formula is C15H23FN4OS. The van der Waals surface area contributed by atoms with E-state index < -0.39 is 5.67 Å². The number of nitrogens with one attached hydrogen (secondary N) is 1. The molecule has 2 heterocycles. The highest BCUT2D eigenvalue weighted by Crippen LogP contribution is 2.31. The Bertz CT molecular complexity index is 559. The van der Waals surface area contributed by atoms with Gasteiger partial charge in [0, 0.05) is 44.1 Å². The Morgan fingerprint density at radius 1 is 1.36 bits per heavy atom. The van der Waals surface area contributed by atoms with E-state index in [-0.39, 0.29) is 12.5 Å². The van der Waals surface area contributed by atoms with Crippen LogP contribution in [-0.4, -0.2) is 47.4 Å². The van der Waals surface area contributed by atoms with E-state index in [2.05, 4.69) is 20.2 Å². The van der Waals surface area contributed by atoms with Crippen LogP contribution in [0.25, 0.3) is 0 Å². The summed E-state index contributed by atoms with van der Waals surface area (Å²) in [5.41, 5.74) is 0.691. The van der Waals surface area contributed by atoms with Crippen molar-refractivity contribution in [3.8, 4) is 0 Å². The lowest BCUT2D eigenvalue weighted by Gasteiger charge is -2.37. The third-order valence-electron chi connectivity index (χ3n) is 4.14. The number of rotatable bonds is 4. The van der Waals surface area contributed by atoms with Crippen molar-refractivity contribution in [1.29, 1.82) is 0 Å². The fraction of sp³-hybridized carbons (Fsp3) is 0.667. The van der Waals surface area contributed by atoms with Crippen LogP contribution in [0, 0.1) is 13.8 Å². The number of aromatic nitrogens is 2. The Kier molecular flexibility index (Phi) is 5.26. The Morgan fingerprint density at radius 3 is 2.55 bits per heavy atom. The SMILES string of the molecule is CSc1nc(C)c(C)c(N2CCC(F)(CNC(C)=O)CC2)n1. The molecule has 7 heteroatoms. The van der Waals surface area contributed by atoms with Crippen molar-refractivity contribution in [2.45, 2.75) is 44.4 Å². The number of carbonyl (C=O) groups is 1. The number of hydrogen-bond donors (Lipinski definition) is 1. The van der Waals surface area contributed by atoms with Crippen molar-refractivity contribution in [2.75, 3.05) is 30.8 Å². The smallest absolute Gasteiger partial charge is 0.216 e. The van der Waals surface area contributed by atoms with Crippen LogP contribution in [0.15, 0.2) is 5.16 Å². The topological polar surface area (TPSA) is 58.1 Å². The average molecular weight is 326 g/mol. The number of nitrogens with zero attached hydrogens (tertiary/aromatic N) is 3. The van der Waals surface area contributed by atoms with Gasteiger partial charge in [0.2, 0.25) is 5.91 Å². The van der Waals surface area contributed by atoms with Crippen LogP contribution >= 0.6 is 11.8 Å². The second-order valence-corrected chi connectivity index (χ2v) is 6.57. The van der Waals surface area contributed by atoms with Crippen molar-refractivity contribution in [2.24, 2.45) is 0 Å². The summed E-state index contributed by atoms with van der Waals surface area (Å²) in [7, 11) is 0. The molecule has 1 saturated heterocycles. The summed E-state index contributed by atoms with van der Waals surface area (Å²) in [6.07, 6.45) is 2.73. The number of aryl methyl sites for hydroxylation is 1. The third-order valence-corrected chi connectivity index (χ3v) is 4.69. The molecule has 5 nitrogen and oxygen atoms in total. The average Bonchev–Trinajstić information content (AvgIpc) is 2.49. The van der Waals surface area contributed by atoms with Gasteiger partial charge < -0.3 is 10.2 Å². The molecule has 0 radical (unpaired) electrons. The van der Waals surface area contributed by atoms with Gasteiger partial charge in [0.1, 0.15) is 11.5 Å². The fourth-order valence-corrected chi connectivity index (χ4v) is 2.97. The molecular weight excluding hydrogens is 303 g/mol. The zero-order valence-electron chi connectivity index (χ0n) is 13.6. The van der Waals surface area contributed by atoms with E-state index in [0.717, 1.165) is 22.2 Å². The molecule has 1 aliphatic rings. The minimum Gasteiger partial charge on any atom is -0.356 e. The monoisotopic (exact) mass is 326 g/mol. The number of carbonyl (C=O) groups excluding carboxylic acids is 1. The number of alkyl halides is 1. The fourth-order valence-electron chi connectivity index (χ4n) is 2.57. The second-order valence-electron chi connectivity index (χ2n) is 5.79. The van der Waals surface area contributed by atoms with E-state index >= 15 is 0 Å². The first-order chi connectivity index (χ1) is 10.3. The Labute approximate surface area is 135 Å². The summed E-state index contributed by atoms with van der Waals surface area (Å²) < 4.78 is 14.7. The summed E-state index contributed by atoms with van der Waals surface area (Å²) in [4.78, 5) is 22.1. The van der Waals surface area contributed by atoms with Gasteiger partial charge in [-0.3, -0.25) is 4.79 Å². The van der Waals surface area contributed by atoms with Crippen LogP contribution in [-0.2, 0) is 4.79 Å². The first-order valence-corrected chi connectivity index (χ1v) is 8.64. The number of halogens is 1. The van der Waals surface area contributed by atoms with Gasteiger partial charge in [-0.25, -0.2) is 14.4 Å². The van der Waals surface area contributed by atoms with Crippen molar-refractivity contribution < 1.29 is 9.18 Å². The van der Waals surface area contributed by atoms with E-state index in [9.17, 15) is 9.18 Å². The van der Waals surface area contributed by atoms with Crippen LogP contribution in [0.2, 0.25) is 0 Å². The molecule has 0 saturated carbocycles. The summed E-state index contributed by atoms with van der Waals surface area (Å²) in [6, 6.07) is 0. The van der Waals surface area contributed by atoms with Crippen LogP contribution in [0.4, 0.5) is 10.2 Å². The van der Waals surface area contributed by atoms with Crippen molar-refractivity contribution >= 4 is 23.5 Å². The molecule has 2 rings (SSSR count). The normalized spacial score (nSPS) is 17.4. The lowest BCUT2D eigenvalue weighted by Crippen LogP contribution is -2.48. The number of amides is 1. The minimum absolute atomic E-state index is 0.0913. The highest BCUT2D eigenvalue weighted by Gasteiger charge is 2.35. The molecule has 1 aromatic rings. The first-order valence-electron chi connectivity index (χ1n) is 7.42. The molecule has 1 amide bonds. The third kappa shape index (κ3) is 3.88. The van der Waals surface area contributed by atoms with Crippen molar-refractivity contribution in [3.05, 3.63) is 11.3 Å². The van der Waals surface area contributed by atoms with Gasteiger partial charge in [0.05, 0.1) is 6.54 Å². The maximum Gasteiger partial charge on any atom is 0.216 e. The molecule has 122 valence electrons. The Balaban J connectivity index is 2.08. The van der Waals surface area contributed by atoms with Crippen molar-refractivity contribution in [1.82, 2.24) is 15.3 Å². The summed E-state index contributed by atoms with van der Waals surface area (Å²) in [5, 5.41) is 3.33. The number of hydrogen-bond acceptors (Lipinski definition) is 5. The van der Waals surface area contributed by atoms with Crippen molar-refractivity contribution in [3.63, 3.8) is 0 Å². The molecule has 0 bridgehead atoms. The molecule has 0 aromatic carbocycles. The lowest BCUT2D eigenvalue weighted by molar-refractivity contribution is -0.119. The minimum atomic E-state index is -1.32. The van der Waals surface area contributed by atoms with Gasteiger partial charge >= 0.3 is 0 Å². The van der Waals surface area contributed by atoms with Gasteiger partial charge in [0.25, 0.3) is 0 Å². The summed E-state index contributed by atoms with van der Waals surface area (Å²) in [5.74, 6) is 0.713. The largest absolute Gasteiger partial charge is 0.356 e. The molecule has 0 unspecified atom stereocenters. The standard InChI is InChI=1S/C15H23FN4OS/c1-10-11(2)18-14(22-4)19-13(10)20-7-5-15(16,6-8-20)9-17-12(3)21/h5-9H2,1-4H3,(H,17,21). The Morgan fingerprint density at radius 2 is 2.00 bits per heavy atom. The van der Waals surface area contributed by atoms with E-state index in [0.29, 0.717) is 25.9 Å². The molecule has 0 atom stereocenters. The zero-order chi connectivity index (χ0) is 16.3. The zero-order valence-corrected chi connectivity index (χ0v) is 14.4. The Hall–Kier alpha value is -1.37. The van der Waals surface area contributed by atoms with Crippen LogP contribution in [0.3, 0.4) is 0 Å². The van der Waals surface area contributed by atoms with Gasteiger partial charge in [0.15, 0.2) is 5.16 Å². The molecule has 1 aliphatic heterocycles. The number of anilines is 1. The molecule has 1 aromatic heterocycles. The van der Waals surface area contributed by atoms with E-state index in [4.69, 9.17) is 0 Å². The first kappa shape index (κ1) is 17.0. The maximum absolute atomic E-state index is 14.7. The van der Waals surface area contributed by atoms with Gasteiger partial charge in [-0.15, -0.1) is 0 Å². The molecule has 0 spiro atoms. The van der Waals surface area contributed by atoms with Crippen LogP contribution in [0.1, 0.15) is 31.0 Å². The highest BCUT2D eigenvalue weighted by molar-refractivity contribution is 7.98. The van der Waals surface area contributed by atoms with Gasteiger partial charge in [-0.1, -0.05) is 11.8 Å². The lowest BCUT2D eigenvalue weighted by atomic mass is 9.93.